The highest BCUT2D eigenvalue weighted by Gasteiger charge is 2.38. The lowest BCUT2D eigenvalue weighted by Gasteiger charge is -2.41. The van der Waals surface area contributed by atoms with Crippen molar-refractivity contribution >= 4 is 34.6 Å². The Morgan fingerprint density at radius 2 is 1.86 bits per heavy atom. The number of hydrogen-bond donors (Lipinski definition) is 3. The number of amides is 4. The molecule has 42 heavy (non-hydrogen) atoms. The molecule has 3 heterocycles. The van der Waals surface area contributed by atoms with Crippen molar-refractivity contribution in [2.24, 2.45) is 5.73 Å². The fourth-order valence-corrected chi connectivity index (χ4v) is 5.62. The van der Waals surface area contributed by atoms with E-state index in [0.29, 0.717) is 28.2 Å². The van der Waals surface area contributed by atoms with Crippen molar-refractivity contribution in [3.8, 4) is 11.1 Å². The summed E-state index contributed by atoms with van der Waals surface area (Å²) in [7, 11) is 1.70. The van der Waals surface area contributed by atoms with E-state index in [4.69, 9.17) is 10.3 Å². The SMILES string of the molecule is Cc1noc(C)c1-c1ccc2c(c1)C(c1ccccc1)N(CC(=O)NCc1nc3c(C(N)=O)cccc3[nH]1)C(=O)N2C. The minimum atomic E-state index is -0.583. The maximum absolute atomic E-state index is 13.7. The largest absolute Gasteiger partial charge is 0.366 e. The number of nitrogens with one attached hydrogen (secondary N) is 2. The molecule has 2 aromatic heterocycles. The number of rotatable bonds is 7. The summed E-state index contributed by atoms with van der Waals surface area (Å²) in [5, 5.41) is 6.96. The summed E-state index contributed by atoms with van der Waals surface area (Å²) in [6.45, 7) is 3.65. The van der Waals surface area contributed by atoms with Crippen molar-refractivity contribution < 1.29 is 18.9 Å². The number of fused-ring (bicyclic) bond motifs is 2. The molecule has 0 saturated heterocycles. The van der Waals surface area contributed by atoms with Crippen molar-refractivity contribution in [3.63, 3.8) is 0 Å². The highest BCUT2D eigenvalue weighted by molar-refractivity contribution is 6.04. The van der Waals surface area contributed by atoms with Crippen molar-refractivity contribution in [2.75, 3.05) is 18.5 Å². The van der Waals surface area contributed by atoms with Crippen LogP contribution in [0.5, 0.6) is 0 Å². The van der Waals surface area contributed by atoms with Gasteiger partial charge in [-0.25, -0.2) is 9.78 Å². The summed E-state index contributed by atoms with van der Waals surface area (Å²) in [6, 6.07) is 19.8. The summed E-state index contributed by atoms with van der Waals surface area (Å²) in [4.78, 5) is 49.5. The van der Waals surface area contributed by atoms with Crippen LogP contribution in [0.2, 0.25) is 0 Å². The molecule has 0 bridgehead atoms. The van der Waals surface area contributed by atoms with Gasteiger partial charge in [-0.1, -0.05) is 47.6 Å². The van der Waals surface area contributed by atoms with Gasteiger partial charge in [0.05, 0.1) is 35.0 Å². The predicted octanol–water partition coefficient (Wildman–Crippen LogP) is 4.21. The molecule has 0 spiro atoms. The van der Waals surface area contributed by atoms with Gasteiger partial charge in [0.15, 0.2) is 0 Å². The number of nitrogens with two attached hydrogens (primary N) is 1. The lowest BCUT2D eigenvalue weighted by atomic mass is 9.90. The van der Waals surface area contributed by atoms with E-state index in [1.54, 1.807) is 35.0 Å². The molecule has 0 aliphatic carbocycles. The van der Waals surface area contributed by atoms with Crippen LogP contribution in [0, 0.1) is 13.8 Å². The molecule has 0 fully saturated rings. The summed E-state index contributed by atoms with van der Waals surface area (Å²) in [6.07, 6.45) is 0. The minimum Gasteiger partial charge on any atom is -0.366 e. The Morgan fingerprint density at radius 1 is 1.07 bits per heavy atom. The molecule has 0 radical (unpaired) electrons. The Bertz CT molecular complexity index is 1820. The van der Waals surface area contributed by atoms with Crippen LogP contribution in [-0.4, -0.2) is 51.5 Å². The monoisotopic (exact) mass is 563 g/mol. The van der Waals surface area contributed by atoms with Gasteiger partial charge < -0.3 is 25.5 Å². The standard InChI is InChI=1S/C31H29N7O4/c1-17-27(18(2)42-36-17)20-12-13-24-22(14-20)29(19-8-5-4-6-9-19)38(31(41)37(24)3)16-26(39)33-15-25-34-23-11-7-10-21(30(32)40)28(23)35-25/h4-14,29H,15-16H2,1-3H3,(H2,32,40)(H,33,39)(H,34,35). The van der Waals surface area contributed by atoms with E-state index in [9.17, 15) is 14.4 Å². The first-order valence-electron chi connectivity index (χ1n) is 13.4. The maximum Gasteiger partial charge on any atom is 0.325 e. The first-order chi connectivity index (χ1) is 20.2. The van der Waals surface area contributed by atoms with Crippen molar-refractivity contribution in [3.05, 3.63) is 101 Å². The summed E-state index contributed by atoms with van der Waals surface area (Å²) in [5.41, 5.74) is 11.9. The molecule has 212 valence electrons. The zero-order chi connectivity index (χ0) is 29.5. The third-order valence-corrected chi connectivity index (χ3v) is 7.56. The fraction of sp³-hybridized carbons (Fsp3) is 0.194. The van der Waals surface area contributed by atoms with Gasteiger partial charge in [-0.15, -0.1) is 0 Å². The predicted molar refractivity (Wildman–Crippen MR) is 157 cm³/mol. The van der Waals surface area contributed by atoms with Crippen LogP contribution in [0.1, 0.15) is 44.8 Å². The van der Waals surface area contributed by atoms with Crippen LogP contribution in [0.25, 0.3) is 22.2 Å². The lowest BCUT2D eigenvalue weighted by molar-refractivity contribution is -0.122. The van der Waals surface area contributed by atoms with Gasteiger partial charge in [0.2, 0.25) is 5.91 Å². The van der Waals surface area contributed by atoms with E-state index in [1.165, 1.54) is 0 Å². The number of aryl methyl sites for hydroxylation is 2. The Morgan fingerprint density at radius 3 is 2.57 bits per heavy atom. The van der Waals surface area contributed by atoms with Crippen molar-refractivity contribution in [1.29, 1.82) is 0 Å². The number of aromatic nitrogens is 3. The zero-order valence-electron chi connectivity index (χ0n) is 23.3. The molecule has 1 atom stereocenters. The second kappa shape index (κ2) is 10.5. The van der Waals surface area contributed by atoms with E-state index in [-0.39, 0.29) is 25.0 Å². The average molecular weight is 564 g/mol. The molecule has 4 amide bonds. The molecule has 0 saturated carbocycles. The minimum absolute atomic E-state index is 0.0758. The van der Waals surface area contributed by atoms with Crippen molar-refractivity contribution in [1.82, 2.24) is 25.3 Å². The second-order valence-corrected chi connectivity index (χ2v) is 10.3. The van der Waals surface area contributed by atoms with Crippen LogP contribution in [0.15, 0.2) is 71.3 Å². The normalized spacial score (nSPS) is 14.7. The molecule has 1 aliphatic rings. The first-order valence-corrected chi connectivity index (χ1v) is 13.4. The number of anilines is 1. The number of H-pyrrole nitrogens is 1. The molecular formula is C31H29N7O4. The molecule has 1 unspecified atom stereocenters. The average Bonchev–Trinajstić information content (AvgIpc) is 3.56. The summed E-state index contributed by atoms with van der Waals surface area (Å²) in [5.74, 6) is 0.218. The number of imidazole rings is 1. The Balaban J connectivity index is 1.31. The van der Waals surface area contributed by atoms with Gasteiger partial charge in [0.1, 0.15) is 23.6 Å². The molecule has 1 aliphatic heterocycles. The molecule has 11 nitrogen and oxygen atoms in total. The molecule has 3 aromatic carbocycles. The Labute approximate surface area is 241 Å². The van der Waals surface area contributed by atoms with Gasteiger partial charge in [-0.05, 0) is 49.2 Å². The number of aromatic amines is 1. The van der Waals surface area contributed by atoms with E-state index in [1.807, 2.05) is 62.4 Å². The Hall–Kier alpha value is -5.45. The highest BCUT2D eigenvalue weighted by atomic mass is 16.5. The number of nitrogens with zero attached hydrogens (tertiary/aromatic N) is 4. The molecule has 4 N–H and O–H groups in total. The molecule has 11 heteroatoms. The van der Waals surface area contributed by atoms with Gasteiger partial charge in [-0.3, -0.25) is 14.5 Å². The number of urea groups is 1. The number of carbonyl (C=O) groups excluding carboxylic acids is 3. The van der Waals surface area contributed by atoms with Crippen LogP contribution in [0.3, 0.4) is 0 Å². The van der Waals surface area contributed by atoms with Gasteiger partial charge in [-0.2, -0.15) is 0 Å². The van der Waals surface area contributed by atoms with E-state index in [2.05, 4.69) is 20.4 Å². The topological polar surface area (TPSA) is 150 Å². The third kappa shape index (κ3) is 4.64. The maximum atomic E-state index is 13.7. The summed E-state index contributed by atoms with van der Waals surface area (Å²) < 4.78 is 5.41. The number of para-hydroxylation sites is 1. The van der Waals surface area contributed by atoms with Gasteiger partial charge >= 0.3 is 6.03 Å². The third-order valence-electron chi connectivity index (χ3n) is 7.56. The molecule has 6 rings (SSSR count). The van der Waals surface area contributed by atoms with Crippen LogP contribution < -0.4 is 16.0 Å². The fourth-order valence-electron chi connectivity index (χ4n) is 5.62. The van der Waals surface area contributed by atoms with Crippen LogP contribution >= 0.6 is 0 Å². The second-order valence-electron chi connectivity index (χ2n) is 10.3. The quantitative estimate of drug-likeness (QED) is 0.270. The zero-order valence-corrected chi connectivity index (χ0v) is 23.3. The van der Waals surface area contributed by atoms with Crippen LogP contribution in [0.4, 0.5) is 10.5 Å². The van der Waals surface area contributed by atoms with Crippen molar-refractivity contribution in [2.45, 2.75) is 26.4 Å². The van der Waals surface area contributed by atoms with Gasteiger partial charge in [0, 0.05) is 18.2 Å². The van der Waals surface area contributed by atoms with Gasteiger partial charge in [0.25, 0.3) is 5.91 Å². The highest BCUT2D eigenvalue weighted by Crippen LogP contribution is 2.42. The Kier molecular flexibility index (Phi) is 6.69. The molecular weight excluding hydrogens is 534 g/mol. The lowest BCUT2D eigenvalue weighted by Crippen LogP contribution is -2.51. The number of carbonyl (C=O) groups is 3. The van der Waals surface area contributed by atoms with E-state index >= 15 is 0 Å². The first kappa shape index (κ1) is 26.8. The number of benzene rings is 3. The number of primary amides is 1. The van der Waals surface area contributed by atoms with Crippen LogP contribution in [-0.2, 0) is 11.3 Å². The smallest absolute Gasteiger partial charge is 0.325 e. The summed E-state index contributed by atoms with van der Waals surface area (Å²) >= 11 is 0. The molecule has 5 aromatic rings. The van der Waals surface area contributed by atoms with E-state index < -0.39 is 11.9 Å². The number of hydrogen-bond acceptors (Lipinski definition) is 6. The van der Waals surface area contributed by atoms with E-state index in [0.717, 1.165) is 33.6 Å².